The molecule has 2 saturated heterocycles. The number of hydrogen-bond donors (Lipinski definition) is 0. The lowest BCUT2D eigenvalue weighted by atomic mass is 9.92. The number of carbonyl (C=O) groups excluding carboxylic acids is 1. The minimum Gasteiger partial charge on any atom is -0.334 e. The van der Waals surface area contributed by atoms with E-state index >= 15 is 0 Å². The number of nitrogens with zero attached hydrogens (tertiary/aromatic N) is 4. The smallest absolute Gasteiger partial charge is 0.334 e. The fraction of sp³-hybridized carbons (Fsp3) is 0.974. The average molecular weight is 683 g/mol. The molecule has 0 saturated carbocycles. The number of hydroxylamine groups is 8. The third-order valence-electron chi connectivity index (χ3n) is 9.80. The first-order chi connectivity index (χ1) is 22.6. The van der Waals surface area contributed by atoms with Gasteiger partial charge >= 0.3 is 6.16 Å². The number of rotatable bonds is 24. The van der Waals surface area contributed by atoms with Gasteiger partial charge in [-0.3, -0.25) is 9.68 Å². The molecule has 0 spiro atoms. The van der Waals surface area contributed by atoms with E-state index in [0.29, 0.717) is 39.4 Å². The van der Waals surface area contributed by atoms with Gasteiger partial charge in [0.05, 0.1) is 61.5 Å². The lowest BCUT2D eigenvalue weighted by Crippen LogP contribution is -2.69. The monoisotopic (exact) mass is 683 g/mol. The molecule has 0 radical (unpaired) electrons. The maximum absolute atomic E-state index is 13.1. The van der Waals surface area contributed by atoms with Gasteiger partial charge in [-0.2, -0.15) is 14.9 Å². The van der Waals surface area contributed by atoms with E-state index in [4.69, 9.17) is 19.4 Å². The largest absolute Gasteiger partial charge is 0.547 e. The molecule has 9 nitrogen and oxygen atoms in total. The van der Waals surface area contributed by atoms with Gasteiger partial charge < -0.3 is 9.68 Å². The summed E-state index contributed by atoms with van der Waals surface area (Å²) in [7, 11) is 0. The summed E-state index contributed by atoms with van der Waals surface area (Å²) in [6.45, 7) is 25.2. The van der Waals surface area contributed by atoms with Crippen molar-refractivity contribution in [2.24, 2.45) is 0 Å². The molecule has 284 valence electrons. The molecular weight excluding hydrogens is 604 g/mol. The van der Waals surface area contributed by atoms with Crippen LogP contribution in [-0.4, -0.2) is 88.0 Å². The Hall–Kier alpha value is -0.970. The summed E-state index contributed by atoms with van der Waals surface area (Å²) in [5, 5.41) is 7.72. The highest BCUT2D eigenvalue weighted by Gasteiger charge is 2.49. The van der Waals surface area contributed by atoms with Gasteiger partial charge in [-0.1, -0.05) is 117 Å². The predicted molar refractivity (Wildman–Crippen MR) is 197 cm³/mol. The zero-order valence-corrected chi connectivity index (χ0v) is 33.3. The Labute approximate surface area is 296 Å². The highest BCUT2D eigenvalue weighted by molar-refractivity contribution is 5.59. The van der Waals surface area contributed by atoms with Crippen molar-refractivity contribution < 1.29 is 24.1 Å². The summed E-state index contributed by atoms with van der Waals surface area (Å²) in [5.41, 5.74) is -1.38. The minimum atomic E-state index is -0.693. The van der Waals surface area contributed by atoms with E-state index in [-0.39, 0.29) is 22.2 Å². The van der Waals surface area contributed by atoms with Crippen LogP contribution in [-0.2, 0) is 19.4 Å². The number of piperazine rings is 2. The summed E-state index contributed by atoms with van der Waals surface area (Å²) >= 11 is 0. The first-order valence-corrected chi connectivity index (χ1v) is 19.9. The molecule has 0 aromatic heterocycles. The van der Waals surface area contributed by atoms with Gasteiger partial charge in [0.25, 0.3) is 0 Å². The van der Waals surface area contributed by atoms with Crippen LogP contribution in [0.15, 0.2) is 0 Å². The molecule has 0 aliphatic carbocycles. The molecule has 2 heterocycles. The lowest BCUT2D eigenvalue weighted by Gasteiger charge is -2.54. The highest BCUT2D eigenvalue weighted by Crippen LogP contribution is 2.35. The lowest BCUT2D eigenvalue weighted by molar-refractivity contribution is -0.335. The van der Waals surface area contributed by atoms with E-state index in [2.05, 4.69) is 79.4 Å². The van der Waals surface area contributed by atoms with E-state index in [9.17, 15) is 4.79 Å². The molecule has 0 bridgehead atoms. The molecule has 0 amide bonds. The van der Waals surface area contributed by atoms with E-state index in [1.165, 1.54) is 103 Å². The van der Waals surface area contributed by atoms with Crippen LogP contribution in [0.1, 0.15) is 185 Å². The summed E-state index contributed by atoms with van der Waals surface area (Å²) in [4.78, 5) is 37.5. The van der Waals surface area contributed by atoms with Gasteiger partial charge in [-0.25, -0.2) is 0 Å². The third kappa shape index (κ3) is 15.5. The highest BCUT2D eigenvalue weighted by atomic mass is 16.9. The average Bonchev–Trinajstić information content (AvgIpc) is 2.96. The second-order valence-corrected chi connectivity index (χ2v) is 17.2. The Morgan fingerprint density at radius 3 is 0.958 bits per heavy atom. The molecule has 0 atom stereocenters. The first kappa shape index (κ1) is 43.2. The van der Waals surface area contributed by atoms with Gasteiger partial charge in [0.1, 0.15) is 0 Å². The van der Waals surface area contributed by atoms with E-state index in [1.54, 1.807) is 10.1 Å². The van der Waals surface area contributed by atoms with Crippen LogP contribution in [0, 0.1) is 0 Å². The number of carbonyl (C=O) groups is 1. The van der Waals surface area contributed by atoms with Crippen molar-refractivity contribution in [3.63, 3.8) is 0 Å². The molecule has 2 aliphatic rings. The second kappa shape index (κ2) is 21.4. The fourth-order valence-corrected chi connectivity index (χ4v) is 7.93. The summed E-state index contributed by atoms with van der Waals surface area (Å²) in [5.74, 6) is 0. The van der Waals surface area contributed by atoms with Crippen LogP contribution < -0.4 is 0 Å². The van der Waals surface area contributed by atoms with Crippen molar-refractivity contribution >= 4 is 6.16 Å². The second-order valence-electron chi connectivity index (χ2n) is 17.2. The Kier molecular flexibility index (Phi) is 19.3. The van der Waals surface area contributed by atoms with Crippen LogP contribution >= 0.6 is 0 Å². The van der Waals surface area contributed by atoms with Crippen molar-refractivity contribution in [2.75, 3.05) is 39.4 Å². The van der Waals surface area contributed by atoms with E-state index in [1.807, 2.05) is 0 Å². The van der Waals surface area contributed by atoms with Crippen molar-refractivity contribution in [2.45, 2.75) is 207 Å². The molecule has 2 fully saturated rings. The maximum atomic E-state index is 13.1. The Bertz CT molecular complexity index is 776. The molecule has 0 unspecified atom stereocenters. The zero-order chi connectivity index (χ0) is 35.7. The van der Waals surface area contributed by atoms with Gasteiger partial charge in [0.15, 0.2) is 0 Å². The van der Waals surface area contributed by atoms with Crippen LogP contribution in [0.25, 0.3) is 0 Å². The molecule has 2 rings (SSSR count). The van der Waals surface area contributed by atoms with E-state index in [0.717, 1.165) is 12.8 Å². The SMILES string of the molecule is CCCCCCCCCCCON1C(C)(C)CN(OC(=O)ON2CC(C)(C)N(OCCCCCCCCCCC)C(C)(C)C2)CC1(C)C. The van der Waals surface area contributed by atoms with Crippen LogP contribution in [0.2, 0.25) is 0 Å². The first-order valence-electron chi connectivity index (χ1n) is 19.9. The normalized spacial score (nSPS) is 21.4. The summed E-state index contributed by atoms with van der Waals surface area (Å²) < 4.78 is 0. The quantitative estimate of drug-likeness (QED) is 0.0925. The summed E-state index contributed by atoms with van der Waals surface area (Å²) in [6.07, 6.45) is 22.6. The standard InChI is InChI=1S/C39H78N4O5/c1-11-13-15-17-19-21-23-25-27-29-45-42-36(3,4)31-40(32-37(42,5)6)47-35(44)48-41-33-38(7,8)43(39(9,10)34-41)46-30-28-26-24-22-20-18-16-14-12-2/h11-34H2,1-10H3. The van der Waals surface area contributed by atoms with E-state index < -0.39 is 6.16 Å². The molecule has 48 heavy (non-hydrogen) atoms. The summed E-state index contributed by atoms with van der Waals surface area (Å²) in [6, 6.07) is 0. The molecular formula is C39H78N4O5. The van der Waals surface area contributed by atoms with Gasteiger partial charge in [0, 0.05) is 0 Å². The molecule has 2 aliphatic heterocycles. The topological polar surface area (TPSA) is 67.0 Å². The van der Waals surface area contributed by atoms with Crippen molar-refractivity contribution in [1.29, 1.82) is 0 Å². The molecule has 9 heteroatoms. The van der Waals surface area contributed by atoms with Gasteiger partial charge in [0.2, 0.25) is 0 Å². The minimum absolute atomic E-state index is 0.344. The molecule has 0 aromatic rings. The Balaban J connectivity index is 1.74. The predicted octanol–water partition coefficient (Wildman–Crippen LogP) is 10.2. The van der Waals surface area contributed by atoms with Crippen LogP contribution in [0.5, 0.6) is 0 Å². The van der Waals surface area contributed by atoms with Crippen molar-refractivity contribution in [1.82, 2.24) is 20.3 Å². The maximum Gasteiger partial charge on any atom is 0.547 e. The zero-order valence-electron chi connectivity index (χ0n) is 33.3. The number of unbranched alkanes of at least 4 members (excludes halogenated alkanes) is 16. The van der Waals surface area contributed by atoms with Crippen molar-refractivity contribution in [3.8, 4) is 0 Å². The van der Waals surface area contributed by atoms with Crippen LogP contribution in [0.3, 0.4) is 0 Å². The Morgan fingerprint density at radius 2 is 0.688 bits per heavy atom. The fourth-order valence-electron chi connectivity index (χ4n) is 7.93. The third-order valence-corrected chi connectivity index (χ3v) is 9.80. The molecule has 0 N–H and O–H groups in total. The van der Waals surface area contributed by atoms with Gasteiger partial charge in [-0.05, 0) is 68.2 Å². The van der Waals surface area contributed by atoms with Gasteiger partial charge in [-0.15, -0.1) is 10.1 Å². The van der Waals surface area contributed by atoms with Crippen molar-refractivity contribution in [3.05, 3.63) is 0 Å². The van der Waals surface area contributed by atoms with Crippen LogP contribution in [0.4, 0.5) is 4.79 Å². The number of hydrogen-bond acceptors (Lipinski definition) is 9. The Morgan fingerprint density at radius 1 is 0.438 bits per heavy atom. The molecule has 0 aromatic carbocycles.